The van der Waals surface area contributed by atoms with Crippen molar-refractivity contribution in [2.45, 2.75) is 25.9 Å². The lowest BCUT2D eigenvalue weighted by Crippen LogP contribution is -2.33. The van der Waals surface area contributed by atoms with Crippen LogP contribution < -0.4 is 0 Å². The fourth-order valence-corrected chi connectivity index (χ4v) is 3.25. The molecule has 0 N–H and O–H groups in total. The molecule has 0 amide bonds. The van der Waals surface area contributed by atoms with Crippen molar-refractivity contribution in [3.8, 4) is 0 Å². The molecule has 1 heterocycles. The summed E-state index contributed by atoms with van der Waals surface area (Å²) >= 11 is 3.49. The first-order valence-electron chi connectivity index (χ1n) is 5.69. The lowest BCUT2D eigenvalue weighted by Gasteiger charge is -2.30. The van der Waals surface area contributed by atoms with E-state index in [2.05, 4.69) is 15.9 Å². The third-order valence-corrected chi connectivity index (χ3v) is 4.77. The van der Waals surface area contributed by atoms with E-state index in [4.69, 9.17) is 4.74 Å². The highest BCUT2D eigenvalue weighted by Gasteiger charge is 2.41. The minimum absolute atomic E-state index is 0.0847. The van der Waals surface area contributed by atoms with Crippen molar-refractivity contribution in [1.29, 1.82) is 0 Å². The normalized spacial score (nSPS) is 28.6. The largest absolute Gasteiger partial charge is 0.378 e. The molecule has 1 aliphatic heterocycles. The summed E-state index contributed by atoms with van der Waals surface area (Å²) in [6, 6.07) is 3.78. The second-order valence-corrected chi connectivity index (χ2v) is 5.23. The van der Waals surface area contributed by atoms with Crippen molar-refractivity contribution in [3.63, 3.8) is 0 Å². The van der Waals surface area contributed by atoms with Crippen LogP contribution in [0, 0.1) is 17.0 Å². The zero-order valence-electron chi connectivity index (χ0n) is 9.68. The molecule has 17 heavy (non-hydrogen) atoms. The van der Waals surface area contributed by atoms with Gasteiger partial charge in [0.1, 0.15) is 11.6 Å². The highest BCUT2D eigenvalue weighted by Crippen LogP contribution is 2.40. The van der Waals surface area contributed by atoms with Crippen molar-refractivity contribution in [1.82, 2.24) is 0 Å². The first-order chi connectivity index (χ1) is 8.07. The molecule has 1 aliphatic rings. The number of benzene rings is 1. The van der Waals surface area contributed by atoms with Gasteiger partial charge in [0.2, 0.25) is 0 Å². The van der Waals surface area contributed by atoms with Crippen molar-refractivity contribution in [2.75, 3.05) is 11.9 Å². The number of hydrogen-bond acceptors (Lipinski definition) is 1. The van der Waals surface area contributed by atoms with Gasteiger partial charge in [-0.15, -0.1) is 0 Å². The van der Waals surface area contributed by atoms with E-state index in [1.165, 1.54) is 12.1 Å². The fourth-order valence-electron chi connectivity index (χ4n) is 2.32. The summed E-state index contributed by atoms with van der Waals surface area (Å²) in [6.07, 6.45) is 1.56. The Hall–Kier alpha value is -0.480. The predicted octanol–water partition coefficient (Wildman–Crippen LogP) is 3.70. The van der Waals surface area contributed by atoms with Gasteiger partial charge in [-0.25, -0.2) is 8.78 Å². The maximum Gasteiger partial charge on any atom is 0.129 e. The zero-order valence-corrected chi connectivity index (χ0v) is 11.3. The Balaban J connectivity index is 2.24. The third kappa shape index (κ3) is 2.52. The Morgan fingerprint density at radius 1 is 1.47 bits per heavy atom. The second-order valence-electron chi connectivity index (χ2n) is 4.67. The predicted molar refractivity (Wildman–Crippen MR) is 66.3 cm³/mol. The summed E-state index contributed by atoms with van der Waals surface area (Å²) in [6.45, 7) is 2.71. The topological polar surface area (TPSA) is 9.23 Å². The van der Waals surface area contributed by atoms with Crippen molar-refractivity contribution >= 4 is 15.9 Å². The van der Waals surface area contributed by atoms with Gasteiger partial charge < -0.3 is 4.74 Å². The molecule has 1 aromatic carbocycles. The van der Waals surface area contributed by atoms with Gasteiger partial charge in [-0.2, -0.15) is 0 Å². The van der Waals surface area contributed by atoms with Crippen molar-refractivity contribution in [3.05, 3.63) is 35.4 Å². The number of rotatable bonds is 3. The summed E-state index contributed by atoms with van der Waals surface area (Å²) in [5, 5.41) is 0.762. The standard InChI is InChI=1S/C13H15BrF2O/c1-9-13(8-14,4-5-17-9)7-10-2-3-11(15)6-12(10)16/h2-3,6,9H,4-5,7-8H2,1H3. The number of ether oxygens (including phenoxy) is 1. The molecule has 2 rings (SSSR count). The molecule has 0 aliphatic carbocycles. The summed E-state index contributed by atoms with van der Waals surface area (Å²) in [7, 11) is 0. The average Bonchev–Trinajstić information content (AvgIpc) is 2.65. The third-order valence-electron chi connectivity index (χ3n) is 3.65. The van der Waals surface area contributed by atoms with Crippen LogP contribution in [-0.4, -0.2) is 18.0 Å². The molecule has 2 unspecified atom stereocenters. The number of halogens is 3. The lowest BCUT2D eigenvalue weighted by molar-refractivity contribution is 0.0743. The molecule has 0 spiro atoms. The number of hydrogen-bond donors (Lipinski definition) is 0. The highest BCUT2D eigenvalue weighted by atomic mass is 79.9. The Morgan fingerprint density at radius 3 is 2.76 bits per heavy atom. The van der Waals surface area contributed by atoms with Crippen molar-refractivity contribution in [2.24, 2.45) is 5.41 Å². The van der Waals surface area contributed by atoms with Gasteiger partial charge in [0.25, 0.3) is 0 Å². The van der Waals surface area contributed by atoms with Crippen LogP contribution >= 0.6 is 15.9 Å². The molecule has 2 atom stereocenters. The van der Waals surface area contributed by atoms with E-state index < -0.39 is 11.6 Å². The highest BCUT2D eigenvalue weighted by molar-refractivity contribution is 9.09. The molecule has 94 valence electrons. The van der Waals surface area contributed by atoms with Crippen LogP contribution in [0.1, 0.15) is 18.9 Å². The van der Waals surface area contributed by atoms with Gasteiger partial charge in [-0.05, 0) is 31.4 Å². The SMILES string of the molecule is CC1OCCC1(CBr)Cc1ccc(F)cc1F. The molecular weight excluding hydrogens is 290 g/mol. The van der Waals surface area contributed by atoms with Crippen LogP contribution in [0.25, 0.3) is 0 Å². The van der Waals surface area contributed by atoms with Gasteiger partial charge in [-0.3, -0.25) is 0 Å². The minimum atomic E-state index is -0.533. The molecule has 0 radical (unpaired) electrons. The van der Waals surface area contributed by atoms with E-state index in [-0.39, 0.29) is 11.5 Å². The van der Waals surface area contributed by atoms with Crippen LogP contribution in [0.3, 0.4) is 0 Å². The Bertz CT molecular complexity index is 410. The van der Waals surface area contributed by atoms with Gasteiger partial charge >= 0.3 is 0 Å². The van der Waals surface area contributed by atoms with E-state index in [1.54, 1.807) is 0 Å². The van der Waals surface area contributed by atoms with E-state index in [0.717, 1.165) is 17.8 Å². The molecule has 4 heteroatoms. The number of alkyl halides is 1. The molecule has 0 bridgehead atoms. The van der Waals surface area contributed by atoms with Crippen LogP contribution in [0.15, 0.2) is 18.2 Å². The van der Waals surface area contributed by atoms with Crippen LogP contribution in [0.4, 0.5) is 8.78 Å². The molecule has 0 aromatic heterocycles. The van der Waals surface area contributed by atoms with Crippen LogP contribution in [-0.2, 0) is 11.2 Å². The van der Waals surface area contributed by atoms with Gasteiger partial charge in [-0.1, -0.05) is 22.0 Å². The Kier molecular flexibility index (Phi) is 3.83. The summed E-state index contributed by atoms with van der Waals surface area (Å²) in [5.74, 6) is -1.00. The molecule has 1 saturated heterocycles. The lowest BCUT2D eigenvalue weighted by atomic mass is 9.78. The summed E-state index contributed by atoms with van der Waals surface area (Å²) in [4.78, 5) is 0. The smallest absolute Gasteiger partial charge is 0.129 e. The average molecular weight is 305 g/mol. The zero-order chi connectivity index (χ0) is 12.5. The molecular formula is C13H15BrF2O. The van der Waals surface area contributed by atoms with Crippen molar-refractivity contribution < 1.29 is 13.5 Å². The van der Waals surface area contributed by atoms with Gasteiger partial charge in [0.15, 0.2) is 0 Å². The Labute approximate surface area is 108 Å². The fraction of sp³-hybridized carbons (Fsp3) is 0.538. The summed E-state index contributed by atoms with van der Waals surface area (Å²) < 4.78 is 32.1. The minimum Gasteiger partial charge on any atom is -0.378 e. The maximum atomic E-state index is 13.6. The van der Waals surface area contributed by atoms with Crippen LogP contribution in [0.2, 0.25) is 0 Å². The maximum absolute atomic E-state index is 13.6. The monoisotopic (exact) mass is 304 g/mol. The Morgan fingerprint density at radius 2 is 2.24 bits per heavy atom. The van der Waals surface area contributed by atoms with Crippen LogP contribution in [0.5, 0.6) is 0 Å². The molecule has 1 fully saturated rings. The summed E-state index contributed by atoms with van der Waals surface area (Å²) in [5.41, 5.74) is 0.474. The van der Waals surface area contributed by atoms with E-state index in [0.29, 0.717) is 18.6 Å². The van der Waals surface area contributed by atoms with E-state index in [9.17, 15) is 8.78 Å². The first kappa shape index (κ1) is 13.0. The van der Waals surface area contributed by atoms with E-state index in [1.807, 2.05) is 6.92 Å². The molecule has 0 saturated carbocycles. The van der Waals surface area contributed by atoms with E-state index >= 15 is 0 Å². The quantitative estimate of drug-likeness (QED) is 0.774. The van der Waals surface area contributed by atoms with Gasteiger partial charge in [0.05, 0.1) is 6.10 Å². The van der Waals surface area contributed by atoms with Gasteiger partial charge in [0, 0.05) is 23.4 Å². The molecule has 1 aromatic rings. The first-order valence-corrected chi connectivity index (χ1v) is 6.81. The second kappa shape index (κ2) is 5.02. The molecule has 1 nitrogen and oxygen atoms in total.